The smallest absolute Gasteiger partial charge is 0.407 e. The number of methoxy groups -OCH3 is 2. The van der Waals surface area contributed by atoms with E-state index in [-0.39, 0.29) is 41.8 Å². The Morgan fingerprint density at radius 1 is 0.767 bits per heavy atom. The molecule has 3 fully saturated rings. The molecule has 13 heteroatoms. The molecule has 1 aliphatic carbocycles. The Labute approximate surface area is 351 Å². The highest BCUT2D eigenvalue weighted by Gasteiger charge is 2.51. The minimum absolute atomic E-state index is 0.0836. The van der Waals surface area contributed by atoms with E-state index in [0.29, 0.717) is 18.9 Å². The Morgan fingerprint density at radius 2 is 1.38 bits per heavy atom. The average molecular weight is 814 g/mol. The number of allylic oxidation sites excluding steroid dienone is 1. The predicted octanol–water partition coefficient (Wildman–Crippen LogP) is 7.89. The van der Waals surface area contributed by atoms with E-state index < -0.39 is 24.3 Å². The Bertz CT molecular complexity index is 2350. The molecule has 3 N–H and O–H groups in total. The second-order valence-corrected chi connectivity index (χ2v) is 17.3. The van der Waals surface area contributed by atoms with Crippen LogP contribution in [0.5, 0.6) is 0 Å². The second-order valence-electron chi connectivity index (χ2n) is 17.3. The van der Waals surface area contributed by atoms with Gasteiger partial charge in [-0.05, 0) is 95.0 Å². The van der Waals surface area contributed by atoms with E-state index in [0.717, 1.165) is 87.9 Å². The molecule has 314 valence electrons. The van der Waals surface area contributed by atoms with Gasteiger partial charge in [0.2, 0.25) is 11.8 Å². The molecular formula is C47H55N7O6. The number of piperidine rings is 1. The average Bonchev–Trinajstić information content (AvgIpc) is 4.12. The minimum Gasteiger partial charge on any atom is -0.453 e. The monoisotopic (exact) mass is 813 g/mol. The van der Waals surface area contributed by atoms with Crippen molar-refractivity contribution >= 4 is 46.1 Å². The van der Waals surface area contributed by atoms with Gasteiger partial charge in [-0.2, -0.15) is 0 Å². The Hall–Kier alpha value is -5.98. The van der Waals surface area contributed by atoms with Gasteiger partial charge in [0.25, 0.3) is 0 Å². The first-order valence-electron chi connectivity index (χ1n) is 21.2. The van der Waals surface area contributed by atoms with E-state index >= 15 is 0 Å². The number of carbonyl (C=O) groups is 4. The molecule has 1 saturated carbocycles. The number of rotatable bonds is 11. The summed E-state index contributed by atoms with van der Waals surface area (Å²) in [6.07, 6.45) is 7.92. The molecule has 2 saturated heterocycles. The number of imidazole rings is 1. The van der Waals surface area contributed by atoms with Gasteiger partial charge in [0.15, 0.2) is 0 Å². The number of nitrogens with zero attached hydrogens (tertiary/aromatic N) is 4. The van der Waals surface area contributed by atoms with E-state index in [1.807, 2.05) is 49.9 Å². The molecule has 3 aromatic carbocycles. The van der Waals surface area contributed by atoms with Gasteiger partial charge in [-0.25, -0.2) is 14.6 Å². The van der Waals surface area contributed by atoms with Crippen LogP contribution in [0.4, 0.5) is 9.59 Å². The molecule has 1 aromatic heterocycles. The van der Waals surface area contributed by atoms with Gasteiger partial charge in [0.1, 0.15) is 17.9 Å². The van der Waals surface area contributed by atoms with Crippen molar-refractivity contribution in [1.82, 2.24) is 30.4 Å². The lowest BCUT2D eigenvalue weighted by Gasteiger charge is -2.37. The SMILES string of the molecule is COC(=O)N[C@H](C(=O)N1CCC[C@H]1C1=NC=C(c2ccc(-c3ccc4cc(-c5cnc([C@@H]6[C@@H]7CC[C@H](C7)N6C(=O)[C@@H](NC(=O)OC)C(C)C)[nH]5)ccc4c3)cc2)C1)C(C)C. The molecule has 13 nitrogen and oxygen atoms in total. The van der Waals surface area contributed by atoms with Gasteiger partial charge >= 0.3 is 12.2 Å². The maximum atomic E-state index is 14.0. The summed E-state index contributed by atoms with van der Waals surface area (Å²) in [4.78, 5) is 68.7. The van der Waals surface area contributed by atoms with Crippen LogP contribution in [0.15, 0.2) is 78.1 Å². The summed E-state index contributed by atoms with van der Waals surface area (Å²) < 4.78 is 9.61. The maximum absolute atomic E-state index is 14.0. The maximum Gasteiger partial charge on any atom is 0.407 e. The summed E-state index contributed by atoms with van der Waals surface area (Å²) >= 11 is 0. The van der Waals surface area contributed by atoms with Gasteiger partial charge < -0.3 is 34.9 Å². The van der Waals surface area contributed by atoms with Crippen LogP contribution in [-0.4, -0.2) is 94.4 Å². The summed E-state index contributed by atoms with van der Waals surface area (Å²) in [5.41, 5.74) is 7.33. The van der Waals surface area contributed by atoms with Crippen LogP contribution in [0.1, 0.15) is 83.6 Å². The number of likely N-dealkylation sites (tertiary alicyclic amines) is 2. The third-order valence-electron chi connectivity index (χ3n) is 12.9. The number of hydrogen-bond acceptors (Lipinski definition) is 8. The Morgan fingerprint density at radius 3 is 2.05 bits per heavy atom. The van der Waals surface area contributed by atoms with Crippen LogP contribution < -0.4 is 10.6 Å². The number of aromatic amines is 1. The molecule has 0 radical (unpaired) electrons. The van der Waals surface area contributed by atoms with Gasteiger partial charge in [-0.3, -0.25) is 14.6 Å². The number of hydrogen-bond donors (Lipinski definition) is 3. The summed E-state index contributed by atoms with van der Waals surface area (Å²) in [6, 6.07) is 20.0. The van der Waals surface area contributed by atoms with Crippen molar-refractivity contribution in [2.24, 2.45) is 22.7 Å². The molecule has 4 amide bonds. The fraction of sp³-hybridized carbons (Fsp3) is 0.447. The van der Waals surface area contributed by atoms with Crippen molar-refractivity contribution in [3.8, 4) is 22.4 Å². The van der Waals surface area contributed by atoms with Crippen LogP contribution in [-0.2, 0) is 19.1 Å². The van der Waals surface area contributed by atoms with Gasteiger partial charge in [0, 0.05) is 36.5 Å². The first kappa shape index (κ1) is 40.8. The zero-order valence-corrected chi connectivity index (χ0v) is 35.2. The second kappa shape index (κ2) is 16.9. The third-order valence-corrected chi connectivity index (χ3v) is 12.9. The summed E-state index contributed by atoms with van der Waals surface area (Å²) in [5.74, 6) is 0.727. The van der Waals surface area contributed by atoms with Crippen LogP contribution in [0.25, 0.3) is 38.7 Å². The van der Waals surface area contributed by atoms with Crippen molar-refractivity contribution in [2.45, 2.75) is 96.4 Å². The molecule has 4 aliphatic rings. The highest BCUT2D eigenvalue weighted by Crippen LogP contribution is 2.50. The molecule has 0 spiro atoms. The van der Waals surface area contributed by atoms with E-state index in [2.05, 4.69) is 76.3 Å². The zero-order valence-electron chi connectivity index (χ0n) is 35.2. The van der Waals surface area contributed by atoms with Gasteiger partial charge in [-0.15, -0.1) is 0 Å². The number of aromatic nitrogens is 2. The van der Waals surface area contributed by atoms with Crippen molar-refractivity contribution < 1.29 is 28.7 Å². The highest BCUT2D eigenvalue weighted by molar-refractivity contribution is 6.04. The minimum atomic E-state index is -0.679. The first-order chi connectivity index (χ1) is 28.9. The molecule has 2 bridgehead atoms. The van der Waals surface area contributed by atoms with Crippen molar-refractivity contribution in [3.63, 3.8) is 0 Å². The Kier molecular flexibility index (Phi) is 11.5. The number of benzene rings is 3. The number of ether oxygens (including phenoxy) is 2. The van der Waals surface area contributed by atoms with Crippen LogP contribution in [0.2, 0.25) is 0 Å². The first-order valence-corrected chi connectivity index (χ1v) is 21.2. The molecule has 4 aromatic rings. The molecule has 6 atom stereocenters. The van der Waals surface area contributed by atoms with Crippen molar-refractivity contribution in [2.75, 3.05) is 20.8 Å². The van der Waals surface area contributed by atoms with Gasteiger partial charge in [-0.1, -0.05) is 76.2 Å². The largest absolute Gasteiger partial charge is 0.453 e. The number of carbonyl (C=O) groups excluding carboxylic acids is 4. The molecule has 0 unspecified atom stereocenters. The third kappa shape index (κ3) is 7.89. The molecular weight excluding hydrogens is 759 g/mol. The lowest BCUT2D eigenvalue weighted by molar-refractivity contribution is -0.139. The van der Waals surface area contributed by atoms with Crippen molar-refractivity contribution in [1.29, 1.82) is 0 Å². The quantitative estimate of drug-likeness (QED) is 0.139. The number of alkyl carbamates (subject to hydrolysis) is 2. The van der Waals surface area contributed by atoms with Gasteiger partial charge in [0.05, 0.1) is 38.2 Å². The Balaban J connectivity index is 0.929. The molecule has 3 aliphatic heterocycles. The molecule has 8 rings (SSSR count). The van der Waals surface area contributed by atoms with E-state index in [1.54, 1.807) is 0 Å². The van der Waals surface area contributed by atoms with Crippen LogP contribution >= 0.6 is 0 Å². The normalized spacial score (nSPS) is 21.9. The number of fused-ring (bicyclic) bond motifs is 3. The summed E-state index contributed by atoms with van der Waals surface area (Å²) in [5, 5.41) is 7.72. The molecule has 4 heterocycles. The highest BCUT2D eigenvalue weighted by atomic mass is 16.5. The van der Waals surface area contributed by atoms with E-state index in [1.165, 1.54) is 14.2 Å². The number of nitrogens with one attached hydrogen (secondary N) is 3. The zero-order chi connectivity index (χ0) is 42.2. The van der Waals surface area contributed by atoms with E-state index in [9.17, 15) is 19.2 Å². The molecule has 60 heavy (non-hydrogen) atoms. The van der Waals surface area contributed by atoms with E-state index in [4.69, 9.17) is 19.5 Å². The fourth-order valence-corrected chi connectivity index (χ4v) is 9.70. The summed E-state index contributed by atoms with van der Waals surface area (Å²) in [6.45, 7) is 8.34. The topological polar surface area (TPSA) is 158 Å². The van der Waals surface area contributed by atoms with Crippen LogP contribution in [0.3, 0.4) is 0 Å². The predicted molar refractivity (Wildman–Crippen MR) is 231 cm³/mol. The standard InChI is InChI=1S/C47H55N7O6/c1-26(2)40(51-46(57)59-5)44(55)53-19-7-8-39(53)37-23-35(24-48-37)29-11-9-28(10-12-29)30-13-14-32-21-33(16-15-31(32)20-30)38-25-49-43(50-38)42-34-17-18-36(22-34)54(42)45(56)41(27(3)4)52-47(58)60-6/h9-16,20-21,24-27,34,36,39-42H,7-8,17-19,22-23H2,1-6H3,(H,49,50)(H,51,57)(H,52,58)/t34-,36-,39+,40+,41+,42+/m1/s1. The number of H-pyrrole nitrogens is 1. The number of amides is 4. The lowest BCUT2D eigenvalue weighted by atomic mass is 9.95. The summed E-state index contributed by atoms with van der Waals surface area (Å²) in [7, 11) is 2.61. The fourth-order valence-electron chi connectivity index (χ4n) is 9.70. The van der Waals surface area contributed by atoms with Crippen molar-refractivity contribution in [3.05, 3.63) is 84.4 Å². The van der Waals surface area contributed by atoms with Crippen LogP contribution in [0, 0.1) is 17.8 Å². The number of aliphatic imine (C=N–C) groups is 1. The lowest BCUT2D eigenvalue weighted by Crippen LogP contribution is -2.54.